The van der Waals surface area contributed by atoms with E-state index in [4.69, 9.17) is 0 Å². The highest BCUT2D eigenvalue weighted by molar-refractivity contribution is 7.10. The van der Waals surface area contributed by atoms with Gasteiger partial charge in [0.15, 0.2) is 0 Å². The van der Waals surface area contributed by atoms with Gasteiger partial charge in [0, 0.05) is 0 Å². The fraction of sp³-hybridized carbons (Fsp3) is 0.143. The lowest BCUT2D eigenvalue weighted by molar-refractivity contribution is 1.48. The molecule has 0 aliphatic heterocycles. The van der Waals surface area contributed by atoms with Crippen molar-refractivity contribution in [1.82, 2.24) is 0 Å². The largest absolute Gasteiger partial charge is 0.145 e. The van der Waals surface area contributed by atoms with Gasteiger partial charge in [-0.3, -0.25) is 0 Å². The van der Waals surface area contributed by atoms with Crippen molar-refractivity contribution in [3.8, 4) is 0 Å². The van der Waals surface area contributed by atoms with Crippen molar-refractivity contribution in [3.05, 3.63) is 90.0 Å². The quantitative estimate of drug-likeness (QED) is 0.514. The Bertz CT molecular complexity index is 695. The molecule has 22 heavy (non-hydrogen) atoms. The predicted molar refractivity (Wildman–Crippen MR) is 99.3 cm³/mol. The summed E-state index contributed by atoms with van der Waals surface area (Å²) in [7, 11) is -1.92. The standard InChI is InChI=1S/C21H22Si/c1-17-9-13-20(14-10-17)22(3,19-7-5-4-6-8-19)21-15-11-18(2)12-16-21/h4-16H,1-3H3. The molecule has 0 aliphatic rings. The first-order chi connectivity index (χ1) is 10.6. The van der Waals surface area contributed by atoms with Gasteiger partial charge in [-0.1, -0.05) is 96.5 Å². The van der Waals surface area contributed by atoms with Crippen molar-refractivity contribution in [2.45, 2.75) is 20.4 Å². The first-order valence-corrected chi connectivity index (χ1v) is 10.3. The molecular weight excluding hydrogens is 280 g/mol. The average Bonchev–Trinajstić information content (AvgIpc) is 2.56. The fourth-order valence-corrected chi connectivity index (χ4v) is 6.57. The van der Waals surface area contributed by atoms with Crippen LogP contribution in [0.25, 0.3) is 0 Å². The average molecular weight is 302 g/mol. The van der Waals surface area contributed by atoms with E-state index >= 15 is 0 Å². The van der Waals surface area contributed by atoms with E-state index in [9.17, 15) is 0 Å². The second kappa shape index (κ2) is 5.94. The molecule has 0 radical (unpaired) electrons. The van der Waals surface area contributed by atoms with Crippen molar-refractivity contribution in [1.29, 1.82) is 0 Å². The van der Waals surface area contributed by atoms with Gasteiger partial charge in [-0.25, -0.2) is 0 Å². The zero-order chi connectivity index (χ0) is 15.6. The lowest BCUT2D eigenvalue weighted by atomic mass is 10.2. The minimum absolute atomic E-state index is 1.32. The second-order valence-corrected chi connectivity index (χ2v) is 10.2. The molecule has 0 heterocycles. The SMILES string of the molecule is Cc1ccc([Si](C)(c2ccccc2)c2ccc(C)cc2)cc1. The summed E-state index contributed by atoms with van der Waals surface area (Å²) >= 11 is 0. The third kappa shape index (κ3) is 2.64. The van der Waals surface area contributed by atoms with Gasteiger partial charge in [-0.05, 0) is 29.4 Å². The van der Waals surface area contributed by atoms with Crippen molar-refractivity contribution in [3.63, 3.8) is 0 Å². The Labute approximate surface area is 134 Å². The molecule has 3 rings (SSSR count). The summed E-state index contributed by atoms with van der Waals surface area (Å²) in [6.07, 6.45) is 0. The van der Waals surface area contributed by atoms with E-state index in [1.54, 1.807) is 0 Å². The molecule has 0 N–H and O–H groups in total. The molecule has 1 heteroatoms. The minimum atomic E-state index is -1.92. The van der Waals surface area contributed by atoms with E-state index in [2.05, 4.69) is 99.3 Å². The van der Waals surface area contributed by atoms with E-state index in [-0.39, 0.29) is 0 Å². The van der Waals surface area contributed by atoms with Crippen LogP contribution in [0.3, 0.4) is 0 Å². The Morgan fingerprint density at radius 1 is 0.500 bits per heavy atom. The van der Waals surface area contributed by atoms with Gasteiger partial charge in [0.05, 0.1) is 0 Å². The van der Waals surface area contributed by atoms with Crippen molar-refractivity contribution >= 4 is 23.6 Å². The van der Waals surface area contributed by atoms with Gasteiger partial charge >= 0.3 is 0 Å². The maximum atomic E-state index is 2.46. The van der Waals surface area contributed by atoms with Gasteiger partial charge < -0.3 is 0 Å². The van der Waals surface area contributed by atoms with Crippen molar-refractivity contribution in [2.75, 3.05) is 0 Å². The van der Waals surface area contributed by atoms with Crippen LogP contribution in [0.5, 0.6) is 0 Å². The second-order valence-electron chi connectivity index (χ2n) is 6.22. The maximum Gasteiger partial charge on any atom is 0.145 e. The molecule has 0 saturated carbocycles. The normalized spacial score (nSPS) is 11.4. The van der Waals surface area contributed by atoms with Gasteiger partial charge in [0.2, 0.25) is 0 Å². The van der Waals surface area contributed by atoms with Crippen LogP contribution in [-0.2, 0) is 0 Å². The highest BCUT2D eigenvalue weighted by Gasteiger charge is 2.33. The zero-order valence-corrected chi connectivity index (χ0v) is 14.5. The monoisotopic (exact) mass is 302 g/mol. The molecule has 0 fully saturated rings. The van der Waals surface area contributed by atoms with Gasteiger partial charge in [0.1, 0.15) is 8.07 Å². The summed E-state index contributed by atoms with van der Waals surface area (Å²) < 4.78 is 0. The molecule has 0 bridgehead atoms. The topological polar surface area (TPSA) is 0 Å². The van der Waals surface area contributed by atoms with Crippen LogP contribution in [0.1, 0.15) is 11.1 Å². The van der Waals surface area contributed by atoms with Crippen LogP contribution in [0.2, 0.25) is 6.55 Å². The van der Waals surface area contributed by atoms with Crippen LogP contribution in [0.4, 0.5) is 0 Å². The number of hydrogen-bond donors (Lipinski definition) is 0. The van der Waals surface area contributed by atoms with Crippen LogP contribution in [-0.4, -0.2) is 8.07 Å². The predicted octanol–water partition coefficient (Wildman–Crippen LogP) is 3.40. The number of aryl methyl sites for hydroxylation is 2. The Hall–Kier alpha value is -2.12. The molecule has 0 amide bonds. The van der Waals surface area contributed by atoms with Gasteiger partial charge in [0.25, 0.3) is 0 Å². The Morgan fingerprint density at radius 2 is 0.864 bits per heavy atom. The molecule has 3 aromatic rings. The van der Waals surface area contributed by atoms with Crippen molar-refractivity contribution in [2.24, 2.45) is 0 Å². The Morgan fingerprint density at radius 3 is 1.27 bits per heavy atom. The molecule has 0 atom stereocenters. The summed E-state index contributed by atoms with van der Waals surface area (Å²) in [6, 6.07) is 29.2. The first-order valence-electron chi connectivity index (χ1n) is 7.80. The summed E-state index contributed by atoms with van der Waals surface area (Å²) in [4.78, 5) is 0. The Kier molecular flexibility index (Phi) is 3.99. The molecule has 3 aromatic carbocycles. The van der Waals surface area contributed by atoms with E-state index in [0.29, 0.717) is 0 Å². The maximum absolute atomic E-state index is 2.46. The van der Waals surface area contributed by atoms with Crippen LogP contribution in [0, 0.1) is 13.8 Å². The Balaban J connectivity index is 2.22. The minimum Gasteiger partial charge on any atom is -0.0624 e. The molecule has 0 aromatic heterocycles. The lowest BCUT2D eigenvalue weighted by Gasteiger charge is -2.29. The molecule has 0 unspecified atom stereocenters. The molecule has 0 saturated heterocycles. The fourth-order valence-electron chi connectivity index (χ4n) is 3.05. The van der Waals surface area contributed by atoms with Crippen LogP contribution in [0.15, 0.2) is 78.9 Å². The van der Waals surface area contributed by atoms with E-state index < -0.39 is 8.07 Å². The third-order valence-corrected chi connectivity index (χ3v) is 9.07. The molecule has 0 aliphatic carbocycles. The molecule has 0 spiro atoms. The zero-order valence-electron chi connectivity index (χ0n) is 13.5. The van der Waals surface area contributed by atoms with E-state index in [1.165, 1.54) is 26.7 Å². The number of benzene rings is 3. The first kappa shape index (κ1) is 14.8. The highest BCUT2D eigenvalue weighted by Crippen LogP contribution is 2.09. The highest BCUT2D eigenvalue weighted by atomic mass is 28.3. The van der Waals surface area contributed by atoms with E-state index in [1.807, 2.05) is 0 Å². The summed E-state index contributed by atoms with van der Waals surface area (Å²) in [5, 5.41) is 4.39. The molecular formula is C21H22Si. The third-order valence-electron chi connectivity index (χ3n) is 4.61. The smallest absolute Gasteiger partial charge is 0.0624 e. The van der Waals surface area contributed by atoms with Crippen LogP contribution >= 0.6 is 0 Å². The van der Waals surface area contributed by atoms with Gasteiger partial charge in [-0.2, -0.15) is 0 Å². The summed E-state index contributed by atoms with van der Waals surface area (Å²) in [6.45, 7) is 6.76. The summed E-state index contributed by atoms with van der Waals surface area (Å²) in [5.41, 5.74) is 2.63. The molecule has 0 nitrogen and oxygen atoms in total. The number of rotatable bonds is 3. The van der Waals surface area contributed by atoms with Gasteiger partial charge in [-0.15, -0.1) is 0 Å². The molecule has 110 valence electrons. The van der Waals surface area contributed by atoms with Crippen molar-refractivity contribution < 1.29 is 0 Å². The number of hydrogen-bond acceptors (Lipinski definition) is 0. The lowest BCUT2D eigenvalue weighted by Crippen LogP contribution is -2.64. The summed E-state index contributed by atoms with van der Waals surface area (Å²) in [5.74, 6) is 0. The van der Waals surface area contributed by atoms with E-state index in [0.717, 1.165) is 0 Å². The van der Waals surface area contributed by atoms with Crippen LogP contribution < -0.4 is 15.6 Å².